The minimum atomic E-state index is -3.32. The Morgan fingerprint density at radius 1 is 1.47 bits per heavy atom. The summed E-state index contributed by atoms with van der Waals surface area (Å²) in [5.74, 6) is 1.19. The number of hydrogen-bond acceptors (Lipinski definition) is 4. The van der Waals surface area contributed by atoms with Crippen molar-refractivity contribution < 1.29 is 8.42 Å². The topological polar surface area (TPSA) is 58.2 Å². The van der Waals surface area contributed by atoms with Crippen LogP contribution in [0.3, 0.4) is 0 Å². The predicted octanol–water partition coefficient (Wildman–Crippen LogP) is 2.18. The Balaban J connectivity index is 1.92. The van der Waals surface area contributed by atoms with Gasteiger partial charge in [-0.25, -0.2) is 13.1 Å². The molecule has 2 atom stereocenters. The van der Waals surface area contributed by atoms with Crippen molar-refractivity contribution in [3.05, 3.63) is 16.3 Å². The van der Waals surface area contributed by atoms with Gasteiger partial charge in [0.05, 0.1) is 4.90 Å². The molecule has 1 aliphatic rings. The van der Waals surface area contributed by atoms with Crippen molar-refractivity contribution in [3.63, 3.8) is 0 Å². The van der Waals surface area contributed by atoms with E-state index in [1.807, 2.05) is 0 Å². The van der Waals surface area contributed by atoms with Crippen LogP contribution in [0.4, 0.5) is 0 Å². The zero-order chi connectivity index (χ0) is 14.0. The molecule has 0 aliphatic heterocycles. The van der Waals surface area contributed by atoms with Crippen molar-refractivity contribution >= 4 is 21.4 Å². The standard InChI is InChI=1S/C13H22N2O2S2/c1-9(2)14-7-12-5-13(8-18-12)19(16,17)15-6-11-4-10(11)3/h5,8-11,14-15H,4,6-7H2,1-3H3. The SMILES string of the molecule is CC(C)NCc1cc(S(=O)(=O)NCC2CC2C)cs1. The van der Waals surface area contributed by atoms with Crippen molar-refractivity contribution in [2.24, 2.45) is 11.8 Å². The quantitative estimate of drug-likeness (QED) is 0.811. The zero-order valence-electron chi connectivity index (χ0n) is 11.6. The van der Waals surface area contributed by atoms with Gasteiger partial charge in [-0.2, -0.15) is 0 Å². The van der Waals surface area contributed by atoms with E-state index in [0.29, 0.717) is 29.3 Å². The summed E-state index contributed by atoms with van der Waals surface area (Å²) in [5, 5.41) is 5.01. The molecule has 0 radical (unpaired) electrons. The molecule has 108 valence electrons. The molecular formula is C13H22N2O2S2. The fourth-order valence-corrected chi connectivity index (χ4v) is 4.20. The van der Waals surface area contributed by atoms with Gasteiger partial charge in [0.2, 0.25) is 10.0 Å². The van der Waals surface area contributed by atoms with Crippen LogP contribution in [0, 0.1) is 11.8 Å². The summed E-state index contributed by atoms with van der Waals surface area (Å²) >= 11 is 1.49. The van der Waals surface area contributed by atoms with Crippen LogP contribution in [0.15, 0.2) is 16.3 Å². The molecule has 2 N–H and O–H groups in total. The molecule has 1 aromatic rings. The van der Waals surface area contributed by atoms with Crippen LogP contribution in [-0.4, -0.2) is 21.0 Å². The van der Waals surface area contributed by atoms with Gasteiger partial charge in [0.1, 0.15) is 0 Å². The van der Waals surface area contributed by atoms with E-state index < -0.39 is 10.0 Å². The van der Waals surface area contributed by atoms with Crippen LogP contribution in [0.2, 0.25) is 0 Å². The molecule has 0 aromatic carbocycles. The molecular weight excluding hydrogens is 280 g/mol. The molecule has 1 fully saturated rings. The van der Waals surface area contributed by atoms with Gasteiger partial charge in [-0.05, 0) is 24.3 Å². The summed E-state index contributed by atoms with van der Waals surface area (Å²) in [6.45, 7) is 7.59. The van der Waals surface area contributed by atoms with Crippen LogP contribution < -0.4 is 10.0 Å². The Hall–Kier alpha value is -0.430. The predicted molar refractivity (Wildman–Crippen MR) is 78.8 cm³/mol. The smallest absolute Gasteiger partial charge is 0.241 e. The second-order valence-electron chi connectivity index (χ2n) is 5.61. The Morgan fingerprint density at radius 2 is 2.16 bits per heavy atom. The van der Waals surface area contributed by atoms with Gasteiger partial charge in [0.25, 0.3) is 0 Å². The lowest BCUT2D eigenvalue weighted by Crippen LogP contribution is -2.26. The molecule has 0 amide bonds. The average molecular weight is 302 g/mol. The van der Waals surface area contributed by atoms with Crippen LogP contribution >= 0.6 is 11.3 Å². The maximum Gasteiger partial charge on any atom is 0.241 e. The van der Waals surface area contributed by atoms with Gasteiger partial charge in [-0.15, -0.1) is 11.3 Å². The molecule has 2 unspecified atom stereocenters. The van der Waals surface area contributed by atoms with Gasteiger partial charge >= 0.3 is 0 Å². The summed E-state index contributed by atoms with van der Waals surface area (Å²) in [7, 11) is -3.32. The van der Waals surface area contributed by atoms with Crippen LogP contribution in [0.25, 0.3) is 0 Å². The van der Waals surface area contributed by atoms with E-state index in [0.717, 1.165) is 17.8 Å². The maximum atomic E-state index is 12.1. The number of sulfonamides is 1. The molecule has 1 aliphatic carbocycles. The van der Waals surface area contributed by atoms with Crippen molar-refractivity contribution in [3.8, 4) is 0 Å². The lowest BCUT2D eigenvalue weighted by atomic mass is 10.3. The second-order valence-corrected chi connectivity index (χ2v) is 8.37. The third-order valence-corrected chi connectivity index (χ3v) is 5.93. The second kappa shape index (κ2) is 5.91. The number of hydrogen-bond donors (Lipinski definition) is 2. The van der Waals surface area contributed by atoms with Crippen molar-refractivity contribution in [2.45, 2.75) is 44.7 Å². The summed E-state index contributed by atoms with van der Waals surface area (Å²) in [6, 6.07) is 2.16. The number of rotatable bonds is 7. The highest BCUT2D eigenvalue weighted by atomic mass is 32.2. The first kappa shape index (κ1) is 15.0. The molecule has 1 aromatic heterocycles. The van der Waals surface area contributed by atoms with Crippen molar-refractivity contribution in [1.29, 1.82) is 0 Å². The van der Waals surface area contributed by atoms with Crippen molar-refractivity contribution in [1.82, 2.24) is 10.0 Å². The van der Waals surface area contributed by atoms with E-state index in [4.69, 9.17) is 0 Å². The summed E-state index contributed by atoms with van der Waals surface area (Å²) in [6.07, 6.45) is 1.13. The van der Waals surface area contributed by atoms with Crippen molar-refractivity contribution in [2.75, 3.05) is 6.54 Å². The molecule has 2 rings (SSSR count). The molecule has 1 saturated carbocycles. The first-order valence-electron chi connectivity index (χ1n) is 6.69. The zero-order valence-corrected chi connectivity index (χ0v) is 13.3. The van der Waals surface area contributed by atoms with Gasteiger partial charge in [-0.3, -0.25) is 0 Å². The Labute approximate surface area is 119 Å². The fraction of sp³-hybridized carbons (Fsp3) is 0.692. The molecule has 19 heavy (non-hydrogen) atoms. The van der Waals surface area contributed by atoms with E-state index in [-0.39, 0.29) is 0 Å². The highest BCUT2D eigenvalue weighted by Crippen LogP contribution is 2.37. The first-order valence-corrected chi connectivity index (χ1v) is 9.05. The average Bonchev–Trinajstić information content (AvgIpc) is 2.85. The number of nitrogens with one attached hydrogen (secondary N) is 2. The van der Waals surface area contributed by atoms with Crippen LogP contribution in [0.5, 0.6) is 0 Å². The van der Waals surface area contributed by atoms with Crippen LogP contribution in [0.1, 0.15) is 32.1 Å². The van der Waals surface area contributed by atoms with Crippen LogP contribution in [-0.2, 0) is 16.6 Å². The van der Waals surface area contributed by atoms with Gasteiger partial charge in [0, 0.05) is 29.4 Å². The van der Waals surface area contributed by atoms with Gasteiger partial charge in [0.15, 0.2) is 0 Å². The summed E-state index contributed by atoms with van der Waals surface area (Å²) in [5.41, 5.74) is 0. The first-order chi connectivity index (χ1) is 8.88. The van der Waals surface area contributed by atoms with Gasteiger partial charge in [-0.1, -0.05) is 20.8 Å². The molecule has 0 spiro atoms. The highest BCUT2D eigenvalue weighted by molar-refractivity contribution is 7.89. The number of thiophene rings is 1. The summed E-state index contributed by atoms with van der Waals surface area (Å²) in [4.78, 5) is 1.44. The van der Waals surface area contributed by atoms with E-state index in [2.05, 4.69) is 30.8 Å². The molecule has 6 heteroatoms. The lowest BCUT2D eigenvalue weighted by Gasteiger charge is -2.05. The third-order valence-electron chi connectivity index (χ3n) is 3.44. The monoisotopic (exact) mass is 302 g/mol. The molecule has 0 saturated heterocycles. The minimum absolute atomic E-state index is 0.395. The van der Waals surface area contributed by atoms with Gasteiger partial charge < -0.3 is 5.32 Å². The van der Waals surface area contributed by atoms with E-state index in [1.165, 1.54) is 11.3 Å². The maximum absolute atomic E-state index is 12.1. The normalized spacial score (nSPS) is 22.9. The third kappa shape index (κ3) is 4.27. The lowest BCUT2D eigenvalue weighted by molar-refractivity contribution is 0.574. The van der Waals surface area contributed by atoms with E-state index in [9.17, 15) is 8.42 Å². The Morgan fingerprint density at radius 3 is 2.74 bits per heavy atom. The minimum Gasteiger partial charge on any atom is -0.310 e. The van der Waals surface area contributed by atoms with E-state index >= 15 is 0 Å². The molecule has 0 bridgehead atoms. The van der Waals surface area contributed by atoms with E-state index in [1.54, 1.807) is 11.4 Å². The fourth-order valence-electron chi connectivity index (χ4n) is 1.88. The Kier molecular flexibility index (Phi) is 4.66. The summed E-state index contributed by atoms with van der Waals surface area (Å²) < 4.78 is 26.9. The highest BCUT2D eigenvalue weighted by Gasteiger charge is 2.33. The molecule has 4 nitrogen and oxygen atoms in total. The largest absolute Gasteiger partial charge is 0.310 e. The Bertz CT molecular complexity index is 523. The molecule has 1 heterocycles.